The maximum absolute atomic E-state index is 11.2. The Morgan fingerprint density at radius 3 is 2.58 bits per heavy atom. The summed E-state index contributed by atoms with van der Waals surface area (Å²) in [6.45, 7) is 0. The molecule has 0 spiro atoms. The summed E-state index contributed by atoms with van der Waals surface area (Å²) in [5, 5.41) is 0.392. The van der Waals surface area contributed by atoms with E-state index >= 15 is 0 Å². The van der Waals surface area contributed by atoms with Gasteiger partial charge in [0.05, 0.1) is 5.52 Å². The first-order chi connectivity index (χ1) is 9.24. The van der Waals surface area contributed by atoms with Crippen LogP contribution in [0.5, 0.6) is 0 Å². The molecule has 0 amide bonds. The quantitative estimate of drug-likeness (QED) is 0.666. The maximum atomic E-state index is 11.2. The number of halogens is 1. The Morgan fingerprint density at radius 1 is 1.05 bits per heavy atom. The molecule has 0 aliphatic carbocycles. The summed E-state index contributed by atoms with van der Waals surface area (Å²) in [5.41, 5.74) is 2.08. The molecule has 4 heteroatoms. The van der Waals surface area contributed by atoms with E-state index < -0.39 is 5.24 Å². The number of rotatable bonds is 2. The molecule has 92 valence electrons. The number of carbonyl (C=O) groups excluding carboxylic acids is 1. The molecule has 19 heavy (non-hydrogen) atoms. The zero-order valence-electron chi connectivity index (χ0n) is 9.88. The molecule has 0 radical (unpaired) electrons. The van der Waals surface area contributed by atoms with Crippen LogP contribution < -0.4 is 0 Å². The van der Waals surface area contributed by atoms with E-state index in [1.54, 1.807) is 24.4 Å². The minimum Gasteiger partial charge on any atom is -0.276 e. The first-order valence-electron chi connectivity index (χ1n) is 5.76. The molecule has 1 aromatic heterocycles. The van der Waals surface area contributed by atoms with Crippen LogP contribution in [0, 0.1) is 0 Å². The van der Waals surface area contributed by atoms with E-state index in [0.717, 1.165) is 10.9 Å². The molecule has 0 unspecified atom stereocenters. The highest BCUT2D eigenvalue weighted by molar-refractivity contribution is 6.67. The van der Waals surface area contributed by atoms with Gasteiger partial charge >= 0.3 is 0 Å². The molecule has 0 aliphatic rings. The summed E-state index contributed by atoms with van der Waals surface area (Å²) in [6.07, 6.45) is 1.74. The lowest BCUT2D eigenvalue weighted by Crippen LogP contribution is -1.93. The van der Waals surface area contributed by atoms with Crippen molar-refractivity contribution in [2.45, 2.75) is 0 Å². The lowest BCUT2D eigenvalue weighted by atomic mass is 10.1. The van der Waals surface area contributed by atoms with E-state index in [1.165, 1.54) is 0 Å². The maximum Gasteiger partial charge on any atom is 0.252 e. The average Bonchev–Trinajstić information content (AvgIpc) is 2.47. The van der Waals surface area contributed by atoms with Crippen molar-refractivity contribution in [3.8, 4) is 11.4 Å². The highest BCUT2D eigenvalue weighted by atomic mass is 35.5. The smallest absolute Gasteiger partial charge is 0.252 e. The second-order valence-corrected chi connectivity index (χ2v) is 4.45. The molecular weight excluding hydrogens is 260 g/mol. The van der Waals surface area contributed by atoms with Gasteiger partial charge in [-0.05, 0) is 23.7 Å². The van der Waals surface area contributed by atoms with Gasteiger partial charge in [0.1, 0.15) is 0 Å². The number of carbonyl (C=O) groups is 1. The average molecular weight is 269 g/mol. The van der Waals surface area contributed by atoms with Gasteiger partial charge in [-0.15, -0.1) is 0 Å². The largest absolute Gasteiger partial charge is 0.276 e. The van der Waals surface area contributed by atoms with Crippen molar-refractivity contribution in [3.05, 3.63) is 60.3 Å². The van der Waals surface area contributed by atoms with E-state index in [1.807, 2.05) is 30.3 Å². The number of aromatic nitrogens is 2. The van der Waals surface area contributed by atoms with Crippen molar-refractivity contribution in [3.63, 3.8) is 0 Å². The van der Waals surface area contributed by atoms with Crippen LogP contribution in [0.25, 0.3) is 22.3 Å². The minimum atomic E-state index is -0.484. The lowest BCUT2D eigenvalue weighted by Gasteiger charge is -2.03. The molecule has 0 saturated heterocycles. The molecule has 2 aromatic carbocycles. The summed E-state index contributed by atoms with van der Waals surface area (Å²) < 4.78 is 0. The fraction of sp³-hybridized carbons (Fsp3) is 0. The second-order valence-electron chi connectivity index (χ2n) is 4.11. The third kappa shape index (κ3) is 2.33. The third-order valence-electron chi connectivity index (χ3n) is 2.84. The van der Waals surface area contributed by atoms with Crippen molar-refractivity contribution in [2.75, 3.05) is 0 Å². The van der Waals surface area contributed by atoms with Crippen LogP contribution in [-0.4, -0.2) is 15.2 Å². The molecule has 1 heterocycles. The Morgan fingerprint density at radius 2 is 1.84 bits per heavy atom. The first-order valence-corrected chi connectivity index (χ1v) is 6.14. The van der Waals surface area contributed by atoms with Crippen LogP contribution in [-0.2, 0) is 0 Å². The predicted octanol–water partition coefficient (Wildman–Crippen LogP) is 3.68. The zero-order valence-corrected chi connectivity index (χ0v) is 10.6. The van der Waals surface area contributed by atoms with E-state index in [9.17, 15) is 4.79 Å². The van der Waals surface area contributed by atoms with Gasteiger partial charge in [0, 0.05) is 22.7 Å². The fourth-order valence-electron chi connectivity index (χ4n) is 1.87. The molecule has 3 rings (SSSR count). The van der Waals surface area contributed by atoms with Gasteiger partial charge in [-0.1, -0.05) is 36.4 Å². The number of hydrogen-bond acceptors (Lipinski definition) is 3. The topological polar surface area (TPSA) is 42.9 Å². The van der Waals surface area contributed by atoms with Crippen LogP contribution >= 0.6 is 11.6 Å². The Bertz CT molecular complexity index is 756. The molecule has 3 aromatic rings. The highest BCUT2D eigenvalue weighted by Crippen LogP contribution is 2.19. The van der Waals surface area contributed by atoms with E-state index in [4.69, 9.17) is 11.6 Å². The van der Waals surface area contributed by atoms with Crippen LogP contribution in [0.2, 0.25) is 0 Å². The van der Waals surface area contributed by atoms with Gasteiger partial charge in [0.25, 0.3) is 5.24 Å². The minimum absolute atomic E-state index is 0.437. The van der Waals surface area contributed by atoms with Crippen molar-refractivity contribution < 1.29 is 4.79 Å². The van der Waals surface area contributed by atoms with Crippen molar-refractivity contribution >= 4 is 27.7 Å². The summed E-state index contributed by atoms with van der Waals surface area (Å²) in [7, 11) is 0. The molecular formula is C15H9ClN2O. The molecule has 0 fully saturated rings. The van der Waals surface area contributed by atoms with Crippen LogP contribution in [0.3, 0.4) is 0 Å². The Kier molecular flexibility index (Phi) is 2.97. The molecule has 3 nitrogen and oxygen atoms in total. The number of hydrogen-bond donors (Lipinski definition) is 0. The van der Waals surface area contributed by atoms with Crippen molar-refractivity contribution in [1.29, 1.82) is 0 Å². The third-order valence-corrected chi connectivity index (χ3v) is 3.06. The van der Waals surface area contributed by atoms with Gasteiger partial charge in [0.15, 0.2) is 5.82 Å². The van der Waals surface area contributed by atoms with Crippen molar-refractivity contribution in [1.82, 2.24) is 9.97 Å². The Labute approximate surface area is 114 Å². The lowest BCUT2D eigenvalue weighted by molar-refractivity contribution is 0.108. The van der Waals surface area contributed by atoms with Gasteiger partial charge in [0.2, 0.25) is 0 Å². The first kappa shape index (κ1) is 11.8. The molecule has 0 bridgehead atoms. The van der Waals surface area contributed by atoms with E-state index in [0.29, 0.717) is 16.9 Å². The highest BCUT2D eigenvalue weighted by Gasteiger charge is 2.06. The number of fused-ring (bicyclic) bond motifs is 1. The van der Waals surface area contributed by atoms with Crippen LogP contribution in [0.15, 0.2) is 54.7 Å². The summed E-state index contributed by atoms with van der Waals surface area (Å²) >= 11 is 5.48. The van der Waals surface area contributed by atoms with Crippen LogP contribution in [0.4, 0.5) is 0 Å². The Hall–Kier alpha value is -2.26. The standard InChI is InChI=1S/C15H9ClN2O/c16-14(19)11-6-7-12-9-17-15(18-13(12)8-11)10-4-2-1-3-5-10/h1-9H. The summed E-state index contributed by atoms with van der Waals surface area (Å²) in [6, 6.07) is 14.8. The summed E-state index contributed by atoms with van der Waals surface area (Å²) in [4.78, 5) is 20.0. The normalized spacial score (nSPS) is 10.6. The molecule has 0 aliphatic heterocycles. The zero-order chi connectivity index (χ0) is 13.2. The van der Waals surface area contributed by atoms with Crippen molar-refractivity contribution in [2.24, 2.45) is 0 Å². The SMILES string of the molecule is O=C(Cl)c1ccc2cnc(-c3ccccc3)nc2c1. The molecule has 0 saturated carbocycles. The van der Waals surface area contributed by atoms with Gasteiger partial charge in [-0.3, -0.25) is 4.79 Å². The van der Waals surface area contributed by atoms with Gasteiger partial charge in [-0.25, -0.2) is 9.97 Å². The fourth-order valence-corrected chi connectivity index (χ4v) is 1.99. The molecule has 0 atom stereocenters. The van der Waals surface area contributed by atoms with Gasteiger partial charge in [-0.2, -0.15) is 0 Å². The van der Waals surface area contributed by atoms with Crippen LogP contribution in [0.1, 0.15) is 10.4 Å². The number of benzene rings is 2. The van der Waals surface area contributed by atoms with E-state index in [-0.39, 0.29) is 0 Å². The number of nitrogens with zero attached hydrogens (tertiary/aromatic N) is 2. The Balaban J connectivity index is 2.16. The monoisotopic (exact) mass is 268 g/mol. The summed E-state index contributed by atoms with van der Waals surface area (Å²) in [5.74, 6) is 0.632. The second kappa shape index (κ2) is 4.78. The van der Waals surface area contributed by atoms with Gasteiger partial charge < -0.3 is 0 Å². The predicted molar refractivity (Wildman–Crippen MR) is 75.2 cm³/mol. The van der Waals surface area contributed by atoms with E-state index in [2.05, 4.69) is 9.97 Å². The molecule has 0 N–H and O–H groups in total.